The summed E-state index contributed by atoms with van der Waals surface area (Å²) in [6.07, 6.45) is 2.21. The number of hydrogen-bond acceptors (Lipinski definition) is 9. The lowest BCUT2D eigenvalue weighted by molar-refractivity contribution is -0.000627. The molecule has 10 heteroatoms. The first-order valence-electron chi connectivity index (χ1n) is 10.7. The Morgan fingerprint density at radius 2 is 2.16 bits per heavy atom. The molecule has 8 nitrogen and oxygen atoms in total. The van der Waals surface area contributed by atoms with Crippen molar-refractivity contribution in [3.05, 3.63) is 23.5 Å². The van der Waals surface area contributed by atoms with E-state index in [0.717, 1.165) is 54.8 Å². The van der Waals surface area contributed by atoms with Crippen LogP contribution in [0.2, 0.25) is 0 Å². The number of fused-ring (bicyclic) bond motifs is 1. The van der Waals surface area contributed by atoms with E-state index in [1.807, 2.05) is 26.1 Å². The van der Waals surface area contributed by atoms with Crippen LogP contribution in [0.5, 0.6) is 0 Å². The van der Waals surface area contributed by atoms with Gasteiger partial charge in [-0.05, 0) is 37.9 Å². The molecule has 2 aromatic heterocycles. The van der Waals surface area contributed by atoms with Crippen molar-refractivity contribution in [1.82, 2.24) is 24.1 Å². The van der Waals surface area contributed by atoms with Gasteiger partial charge in [0.2, 0.25) is 5.95 Å². The van der Waals surface area contributed by atoms with E-state index >= 15 is 0 Å². The highest BCUT2D eigenvalue weighted by Gasteiger charge is 2.51. The molecule has 31 heavy (non-hydrogen) atoms. The number of nitrogens with one attached hydrogen (secondary N) is 1. The number of aromatic nitrogens is 3. The summed E-state index contributed by atoms with van der Waals surface area (Å²) in [6.45, 7) is 8.65. The van der Waals surface area contributed by atoms with E-state index in [0.29, 0.717) is 25.3 Å². The predicted molar refractivity (Wildman–Crippen MR) is 119 cm³/mol. The molecule has 0 aromatic carbocycles. The van der Waals surface area contributed by atoms with Crippen LogP contribution in [0.25, 0.3) is 0 Å². The Labute approximate surface area is 185 Å². The lowest BCUT2D eigenvalue weighted by Gasteiger charge is -2.58. The van der Waals surface area contributed by atoms with Gasteiger partial charge in [-0.2, -0.15) is 14.6 Å². The Kier molecular flexibility index (Phi) is 5.28. The van der Waals surface area contributed by atoms with Crippen LogP contribution in [0, 0.1) is 25.2 Å². The minimum absolute atomic E-state index is 0.186. The lowest BCUT2D eigenvalue weighted by Crippen LogP contribution is -2.73. The molecule has 2 aromatic rings. The van der Waals surface area contributed by atoms with Crippen molar-refractivity contribution in [2.24, 2.45) is 0 Å². The van der Waals surface area contributed by atoms with Crippen LogP contribution in [0.1, 0.15) is 24.1 Å². The molecule has 0 unspecified atom stereocenters. The third-order valence-corrected chi connectivity index (χ3v) is 7.52. The van der Waals surface area contributed by atoms with Gasteiger partial charge in [0, 0.05) is 57.1 Å². The van der Waals surface area contributed by atoms with Gasteiger partial charge in [0.05, 0.1) is 23.7 Å². The fraction of sp³-hybridized carbons (Fsp3) is 0.619. The molecule has 0 amide bonds. The lowest BCUT2D eigenvalue weighted by atomic mass is 9.83. The van der Waals surface area contributed by atoms with Crippen molar-refractivity contribution in [2.75, 3.05) is 49.5 Å². The van der Waals surface area contributed by atoms with E-state index in [9.17, 15) is 9.65 Å². The number of nitrogens with zero attached hydrogens (tertiary/aromatic N) is 7. The molecule has 1 N–H and O–H groups in total. The third kappa shape index (κ3) is 3.86. The summed E-state index contributed by atoms with van der Waals surface area (Å²) < 4.78 is 18.2. The van der Waals surface area contributed by atoms with Gasteiger partial charge in [-0.25, -0.2) is 9.37 Å². The normalized spacial score (nSPS) is 25.7. The molecule has 3 aliphatic heterocycles. The summed E-state index contributed by atoms with van der Waals surface area (Å²) in [5.74, 6) is 1.45. The van der Waals surface area contributed by atoms with Crippen molar-refractivity contribution in [3.63, 3.8) is 0 Å². The second-order valence-electron chi connectivity index (χ2n) is 9.00. The number of piperazine rings is 1. The van der Waals surface area contributed by atoms with E-state index in [1.165, 1.54) is 11.5 Å². The SMILES string of the molecule is Cc1cc(Nc2ncc(C)c(N3CC(CC#N)(N4CCN5C[C@@H](F)C[C@H]5C4)C3)n2)sn1. The molecule has 0 radical (unpaired) electrons. The Bertz CT molecular complexity index is 998. The first-order valence-corrected chi connectivity index (χ1v) is 11.5. The van der Waals surface area contributed by atoms with Crippen LogP contribution in [0.3, 0.4) is 0 Å². The smallest absolute Gasteiger partial charge is 0.229 e. The number of alkyl halides is 1. The highest BCUT2D eigenvalue weighted by atomic mass is 32.1. The van der Waals surface area contributed by atoms with Crippen molar-refractivity contribution < 1.29 is 4.39 Å². The van der Waals surface area contributed by atoms with Gasteiger partial charge in [0.1, 0.15) is 17.0 Å². The Hall–Kier alpha value is -2.35. The van der Waals surface area contributed by atoms with Crippen molar-refractivity contribution in [2.45, 2.75) is 44.4 Å². The zero-order valence-corrected chi connectivity index (χ0v) is 18.7. The zero-order chi connectivity index (χ0) is 21.6. The van der Waals surface area contributed by atoms with E-state index < -0.39 is 6.17 Å². The zero-order valence-electron chi connectivity index (χ0n) is 17.9. The Balaban J connectivity index is 1.30. The van der Waals surface area contributed by atoms with Crippen molar-refractivity contribution in [3.8, 4) is 6.07 Å². The van der Waals surface area contributed by atoms with Crippen molar-refractivity contribution >= 4 is 28.3 Å². The molecule has 5 rings (SSSR count). The number of aryl methyl sites for hydroxylation is 2. The van der Waals surface area contributed by atoms with Gasteiger partial charge < -0.3 is 10.2 Å². The summed E-state index contributed by atoms with van der Waals surface area (Å²) in [7, 11) is 0. The maximum absolute atomic E-state index is 13.9. The van der Waals surface area contributed by atoms with Crippen LogP contribution in [-0.2, 0) is 0 Å². The summed E-state index contributed by atoms with van der Waals surface area (Å²) in [5.41, 5.74) is 1.79. The van der Waals surface area contributed by atoms with Gasteiger partial charge in [-0.3, -0.25) is 9.80 Å². The molecule has 2 atom stereocenters. The maximum atomic E-state index is 13.9. The first kappa shape index (κ1) is 20.5. The first-order chi connectivity index (χ1) is 15.0. The summed E-state index contributed by atoms with van der Waals surface area (Å²) >= 11 is 1.39. The number of rotatable bonds is 5. The second kappa shape index (κ2) is 7.97. The molecular weight excluding hydrogens is 415 g/mol. The Morgan fingerprint density at radius 3 is 2.90 bits per heavy atom. The van der Waals surface area contributed by atoms with Gasteiger partial charge in [0.25, 0.3) is 0 Å². The number of nitriles is 1. The standard InChI is InChI=1S/C21H27FN8S/c1-14-9-24-20(25-18-7-15(2)27-31-18)26-19(14)29-12-21(13-29,3-4-23)30-6-5-28-10-16(22)8-17(28)11-30/h7,9,16-17H,3,5-6,8,10-13H2,1-2H3,(H,24,25,26)/t16-,17-/m0/s1. The van der Waals surface area contributed by atoms with Crippen LogP contribution >= 0.6 is 11.5 Å². The molecule has 3 fully saturated rings. The van der Waals surface area contributed by atoms with Crippen molar-refractivity contribution in [1.29, 1.82) is 5.26 Å². The van der Waals surface area contributed by atoms with Crippen LogP contribution in [-0.4, -0.2) is 81.2 Å². The minimum atomic E-state index is -0.716. The second-order valence-corrected chi connectivity index (χ2v) is 9.81. The van der Waals surface area contributed by atoms with Gasteiger partial charge in [-0.15, -0.1) is 0 Å². The monoisotopic (exact) mass is 442 g/mol. The topological polar surface area (TPSA) is 84.2 Å². The Morgan fingerprint density at radius 1 is 1.32 bits per heavy atom. The minimum Gasteiger partial charge on any atom is -0.352 e. The average molecular weight is 443 g/mol. The van der Waals surface area contributed by atoms with Gasteiger partial charge >= 0.3 is 0 Å². The molecule has 0 spiro atoms. The molecular formula is C21H27FN8S. The highest BCUT2D eigenvalue weighted by Crippen LogP contribution is 2.38. The predicted octanol–water partition coefficient (Wildman–Crippen LogP) is 2.49. The average Bonchev–Trinajstić information content (AvgIpc) is 3.29. The van der Waals surface area contributed by atoms with E-state index in [-0.39, 0.29) is 11.6 Å². The largest absolute Gasteiger partial charge is 0.352 e. The summed E-state index contributed by atoms with van der Waals surface area (Å²) in [5, 5.41) is 13.7. The van der Waals surface area contributed by atoms with E-state index in [1.54, 1.807) is 0 Å². The summed E-state index contributed by atoms with van der Waals surface area (Å²) in [4.78, 5) is 16.1. The van der Waals surface area contributed by atoms with E-state index in [2.05, 4.69) is 35.4 Å². The molecule has 3 saturated heterocycles. The maximum Gasteiger partial charge on any atom is 0.229 e. The quantitative estimate of drug-likeness (QED) is 0.756. The number of anilines is 3. The number of halogens is 1. The molecule has 0 saturated carbocycles. The van der Waals surface area contributed by atoms with Crippen LogP contribution in [0.15, 0.2) is 12.3 Å². The third-order valence-electron chi connectivity index (χ3n) is 6.72. The highest BCUT2D eigenvalue weighted by molar-refractivity contribution is 7.10. The van der Waals surface area contributed by atoms with Crippen LogP contribution < -0.4 is 10.2 Å². The number of hydrogen-bond donors (Lipinski definition) is 1. The summed E-state index contributed by atoms with van der Waals surface area (Å²) in [6, 6.07) is 4.65. The molecule has 0 aliphatic carbocycles. The fourth-order valence-electron chi connectivity index (χ4n) is 5.14. The fourth-order valence-corrected chi connectivity index (χ4v) is 5.80. The van der Waals surface area contributed by atoms with Crippen LogP contribution in [0.4, 0.5) is 21.2 Å². The molecule has 164 valence electrons. The van der Waals surface area contributed by atoms with Gasteiger partial charge in [-0.1, -0.05) is 0 Å². The molecule has 3 aliphatic rings. The van der Waals surface area contributed by atoms with E-state index in [4.69, 9.17) is 4.98 Å². The van der Waals surface area contributed by atoms with Gasteiger partial charge in [0.15, 0.2) is 0 Å². The molecule has 5 heterocycles. The molecule has 0 bridgehead atoms.